The first kappa shape index (κ1) is 12.2. The summed E-state index contributed by atoms with van der Waals surface area (Å²) in [5, 5.41) is 13.1. The van der Waals surface area contributed by atoms with E-state index in [0.29, 0.717) is 16.6 Å². The third-order valence-corrected chi connectivity index (χ3v) is 3.02. The second-order valence-electron chi connectivity index (χ2n) is 3.35. The van der Waals surface area contributed by atoms with E-state index in [1.165, 1.54) is 0 Å². The highest BCUT2D eigenvalue weighted by Crippen LogP contribution is 2.23. The van der Waals surface area contributed by atoms with Crippen LogP contribution in [0.4, 0.5) is 13.8 Å². The van der Waals surface area contributed by atoms with Crippen LogP contribution in [-0.4, -0.2) is 5.91 Å². The third-order valence-electron chi connectivity index (χ3n) is 2.19. The molecule has 0 atom stereocenters. The molecule has 2 aromatic rings. The van der Waals surface area contributed by atoms with E-state index in [9.17, 15) is 13.6 Å². The Morgan fingerprint density at radius 2 is 2.11 bits per heavy atom. The van der Waals surface area contributed by atoms with E-state index in [2.05, 4.69) is 5.32 Å². The van der Waals surface area contributed by atoms with Gasteiger partial charge in [-0.15, -0.1) is 11.3 Å². The van der Waals surface area contributed by atoms with Gasteiger partial charge < -0.3 is 5.32 Å². The lowest BCUT2D eigenvalue weighted by atomic mass is 10.2. The van der Waals surface area contributed by atoms with E-state index in [1.807, 2.05) is 6.07 Å². The molecule has 0 aliphatic carbocycles. The average molecular weight is 264 g/mol. The molecule has 90 valence electrons. The lowest BCUT2D eigenvalue weighted by molar-refractivity contribution is 0.102. The summed E-state index contributed by atoms with van der Waals surface area (Å²) in [6.45, 7) is 0. The number of hydrogen-bond acceptors (Lipinski definition) is 3. The predicted octanol–water partition coefficient (Wildman–Crippen LogP) is 3.15. The predicted molar refractivity (Wildman–Crippen MR) is 63.3 cm³/mol. The summed E-state index contributed by atoms with van der Waals surface area (Å²) in [4.78, 5) is 11.7. The maximum atomic E-state index is 13.3. The van der Waals surface area contributed by atoms with E-state index in [0.717, 1.165) is 23.5 Å². The van der Waals surface area contributed by atoms with Crippen LogP contribution in [0.2, 0.25) is 0 Å². The van der Waals surface area contributed by atoms with Crippen LogP contribution in [0, 0.1) is 23.0 Å². The number of nitrogens with zero attached hydrogens (tertiary/aromatic N) is 1. The van der Waals surface area contributed by atoms with Gasteiger partial charge in [0.15, 0.2) is 0 Å². The lowest BCUT2D eigenvalue weighted by Crippen LogP contribution is -2.13. The molecular formula is C12H6F2N2OS. The zero-order valence-corrected chi connectivity index (χ0v) is 9.72. The van der Waals surface area contributed by atoms with E-state index < -0.39 is 17.5 Å². The van der Waals surface area contributed by atoms with Gasteiger partial charge in [-0.2, -0.15) is 5.26 Å². The van der Waals surface area contributed by atoms with Crippen LogP contribution in [-0.2, 0) is 0 Å². The van der Waals surface area contributed by atoms with Gasteiger partial charge in [0.05, 0.1) is 11.1 Å². The lowest BCUT2D eigenvalue weighted by Gasteiger charge is -2.04. The van der Waals surface area contributed by atoms with Crippen molar-refractivity contribution in [3.05, 3.63) is 52.4 Å². The fourth-order valence-electron chi connectivity index (χ4n) is 1.34. The summed E-state index contributed by atoms with van der Waals surface area (Å²) in [5.74, 6) is -2.41. The Balaban J connectivity index is 2.25. The molecule has 2 rings (SSSR count). The zero-order chi connectivity index (χ0) is 13.1. The second kappa shape index (κ2) is 4.94. The number of carbonyl (C=O) groups is 1. The molecule has 1 amide bonds. The topological polar surface area (TPSA) is 52.9 Å². The standard InChI is InChI=1S/C12H6F2N2OS/c13-8-1-2-9(10(14)5-8)11(17)16-12-7(6-15)3-4-18-12/h1-5H,(H,16,17). The molecule has 0 aliphatic heterocycles. The van der Waals surface area contributed by atoms with Crippen molar-refractivity contribution < 1.29 is 13.6 Å². The van der Waals surface area contributed by atoms with Crippen LogP contribution >= 0.6 is 11.3 Å². The molecule has 0 fully saturated rings. The van der Waals surface area contributed by atoms with E-state index in [-0.39, 0.29) is 5.56 Å². The average Bonchev–Trinajstić information content (AvgIpc) is 2.76. The quantitative estimate of drug-likeness (QED) is 0.905. The SMILES string of the molecule is N#Cc1ccsc1NC(=O)c1ccc(F)cc1F. The van der Waals surface area contributed by atoms with Crippen LogP contribution in [0.1, 0.15) is 15.9 Å². The fraction of sp³-hybridized carbons (Fsp3) is 0. The summed E-state index contributed by atoms with van der Waals surface area (Å²) in [7, 11) is 0. The van der Waals surface area contributed by atoms with Crippen LogP contribution in [0.25, 0.3) is 0 Å². The Morgan fingerprint density at radius 1 is 1.33 bits per heavy atom. The van der Waals surface area contributed by atoms with Crippen molar-refractivity contribution in [2.24, 2.45) is 0 Å². The molecular weight excluding hydrogens is 258 g/mol. The molecule has 1 N–H and O–H groups in total. The number of nitriles is 1. The number of halogens is 2. The van der Waals surface area contributed by atoms with Gasteiger partial charge in [0.2, 0.25) is 0 Å². The number of hydrogen-bond donors (Lipinski definition) is 1. The third kappa shape index (κ3) is 2.36. The van der Waals surface area contributed by atoms with Crippen molar-refractivity contribution >= 4 is 22.2 Å². The summed E-state index contributed by atoms with van der Waals surface area (Å²) in [6.07, 6.45) is 0. The molecule has 0 radical (unpaired) electrons. The largest absolute Gasteiger partial charge is 0.312 e. The molecule has 0 aliphatic rings. The maximum absolute atomic E-state index is 13.3. The van der Waals surface area contributed by atoms with Crippen molar-refractivity contribution in [3.8, 4) is 6.07 Å². The molecule has 0 bridgehead atoms. The van der Waals surface area contributed by atoms with Gasteiger partial charge in [0, 0.05) is 6.07 Å². The highest BCUT2D eigenvalue weighted by atomic mass is 32.1. The summed E-state index contributed by atoms with van der Waals surface area (Å²) >= 11 is 1.16. The van der Waals surface area contributed by atoms with Crippen molar-refractivity contribution in [2.75, 3.05) is 5.32 Å². The molecule has 0 spiro atoms. The first-order valence-corrected chi connectivity index (χ1v) is 5.74. The molecule has 3 nitrogen and oxygen atoms in total. The minimum atomic E-state index is -0.942. The van der Waals surface area contributed by atoms with Crippen LogP contribution in [0.5, 0.6) is 0 Å². The van der Waals surface area contributed by atoms with Crippen molar-refractivity contribution in [1.82, 2.24) is 0 Å². The van der Waals surface area contributed by atoms with Crippen molar-refractivity contribution in [2.45, 2.75) is 0 Å². The number of rotatable bonds is 2. The van der Waals surface area contributed by atoms with E-state index >= 15 is 0 Å². The summed E-state index contributed by atoms with van der Waals surface area (Å²) < 4.78 is 26.0. The smallest absolute Gasteiger partial charge is 0.259 e. The van der Waals surface area contributed by atoms with Crippen LogP contribution in [0.15, 0.2) is 29.6 Å². The van der Waals surface area contributed by atoms with E-state index in [1.54, 1.807) is 11.4 Å². The molecule has 6 heteroatoms. The molecule has 1 heterocycles. The molecule has 0 unspecified atom stereocenters. The normalized spacial score (nSPS) is 9.83. The summed E-state index contributed by atoms with van der Waals surface area (Å²) in [6, 6.07) is 6.13. The van der Waals surface area contributed by atoms with Gasteiger partial charge in [-0.3, -0.25) is 4.79 Å². The van der Waals surface area contributed by atoms with Gasteiger partial charge in [0.1, 0.15) is 22.7 Å². The molecule has 0 saturated carbocycles. The van der Waals surface area contributed by atoms with Gasteiger partial charge in [-0.05, 0) is 23.6 Å². The Bertz CT molecular complexity index is 646. The van der Waals surface area contributed by atoms with Crippen molar-refractivity contribution in [1.29, 1.82) is 5.26 Å². The fourth-order valence-corrected chi connectivity index (χ4v) is 2.07. The summed E-state index contributed by atoms with van der Waals surface area (Å²) in [5.41, 5.74) is 0.0320. The Kier molecular flexibility index (Phi) is 3.35. The maximum Gasteiger partial charge on any atom is 0.259 e. The first-order valence-electron chi connectivity index (χ1n) is 4.86. The molecule has 1 aromatic heterocycles. The highest BCUT2D eigenvalue weighted by Gasteiger charge is 2.14. The first-order chi connectivity index (χ1) is 8.61. The van der Waals surface area contributed by atoms with Crippen molar-refractivity contribution in [3.63, 3.8) is 0 Å². The molecule has 18 heavy (non-hydrogen) atoms. The minimum Gasteiger partial charge on any atom is -0.312 e. The molecule has 1 aromatic carbocycles. The Morgan fingerprint density at radius 3 is 2.78 bits per heavy atom. The van der Waals surface area contributed by atoms with Gasteiger partial charge >= 0.3 is 0 Å². The van der Waals surface area contributed by atoms with Crippen LogP contribution in [0.3, 0.4) is 0 Å². The Labute approximate surface area is 105 Å². The number of nitrogens with one attached hydrogen (secondary N) is 1. The van der Waals surface area contributed by atoms with Gasteiger partial charge in [-0.25, -0.2) is 8.78 Å². The number of benzene rings is 1. The zero-order valence-electron chi connectivity index (χ0n) is 8.91. The van der Waals surface area contributed by atoms with Crippen LogP contribution < -0.4 is 5.32 Å². The van der Waals surface area contributed by atoms with E-state index in [4.69, 9.17) is 5.26 Å². The van der Waals surface area contributed by atoms with Gasteiger partial charge in [0.25, 0.3) is 5.91 Å². The highest BCUT2D eigenvalue weighted by molar-refractivity contribution is 7.14. The molecule has 0 saturated heterocycles. The monoisotopic (exact) mass is 264 g/mol. The minimum absolute atomic E-state index is 0.270. The second-order valence-corrected chi connectivity index (χ2v) is 4.27. The Hall–Kier alpha value is -2.26. The van der Waals surface area contributed by atoms with Gasteiger partial charge in [-0.1, -0.05) is 0 Å². The number of amides is 1. The number of anilines is 1. The number of thiophene rings is 1. The number of carbonyl (C=O) groups excluding carboxylic acids is 1.